The predicted molar refractivity (Wildman–Crippen MR) is 123 cm³/mol. The van der Waals surface area contributed by atoms with Crippen molar-refractivity contribution in [3.63, 3.8) is 0 Å². The van der Waals surface area contributed by atoms with Gasteiger partial charge in [0.15, 0.2) is 0 Å². The second-order valence-corrected chi connectivity index (χ2v) is 10.8. The average molecular weight is 501 g/mol. The van der Waals surface area contributed by atoms with Crippen LogP contribution in [0.4, 0.5) is 10.1 Å². The van der Waals surface area contributed by atoms with Crippen molar-refractivity contribution < 1.29 is 22.3 Å². The molecule has 1 heterocycles. The number of halogens is 3. The molecule has 0 bridgehead atoms. The van der Waals surface area contributed by atoms with E-state index < -0.39 is 21.7 Å². The smallest absolute Gasteiger partial charge is 0.267 e. The van der Waals surface area contributed by atoms with Gasteiger partial charge in [-0.25, -0.2) is 17.5 Å². The van der Waals surface area contributed by atoms with Crippen LogP contribution in [0.1, 0.15) is 47.5 Å². The Morgan fingerprint density at radius 3 is 2.38 bits per heavy atom. The summed E-state index contributed by atoms with van der Waals surface area (Å²) in [7, 11) is -3.79. The first-order valence-corrected chi connectivity index (χ1v) is 13.0. The first-order chi connectivity index (χ1) is 15.1. The highest BCUT2D eigenvalue weighted by Crippen LogP contribution is 2.45. The van der Waals surface area contributed by atoms with Crippen LogP contribution in [0, 0.1) is 5.82 Å². The Hall–Kier alpha value is -2.03. The Kier molecular flexibility index (Phi) is 6.56. The van der Waals surface area contributed by atoms with E-state index in [2.05, 4.69) is 4.90 Å². The first kappa shape index (κ1) is 23.1. The molecule has 6 nitrogen and oxygen atoms in total. The van der Waals surface area contributed by atoms with Crippen molar-refractivity contribution in [2.45, 2.75) is 37.7 Å². The van der Waals surface area contributed by atoms with Gasteiger partial charge in [-0.15, -0.1) is 0 Å². The van der Waals surface area contributed by atoms with Crippen molar-refractivity contribution in [3.05, 3.63) is 57.3 Å². The van der Waals surface area contributed by atoms with E-state index in [-0.39, 0.29) is 17.6 Å². The predicted octanol–water partition coefficient (Wildman–Crippen LogP) is 4.75. The van der Waals surface area contributed by atoms with Crippen molar-refractivity contribution in [1.82, 2.24) is 4.72 Å². The summed E-state index contributed by atoms with van der Waals surface area (Å²) < 4.78 is 45.4. The summed E-state index contributed by atoms with van der Waals surface area (Å²) in [5, 5.41) is 1.02. The Balaban J connectivity index is 1.47. The lowest BCUT2D eigenvalue weighted by Gasteiger charge is -2.34. The second kappa shape index (κ2) is 9.08. The maximum atomic E-state index is 14.7. The van der Waals surface area contributed by atoms with Gasteiger partial charge in [-0.2, -0.15) is 0 Å². The minimum atomic E-state index is -3.79. The molecule has 2 aromatic carbocycles. The Labute approximate surface area is 196 Å². The lowest BCUT2D eigenvalue weighted by Crippen LogP contribution is -2.38. The number of hydrogen-bond donors (Lipinski definition) is 1. The first-order valence-electron chi connectivity index (χ1n) is 10.3. The molecule has 172 valence electrons. The Morgan fingerprint density at radius 2 is 1.78 bits per heavy atom. The highest BCUT2D eigenvalue weighted by Gasteiger charge is 2.31. The molecule has 1 saturated carbocycles. The fraction of sp³-hybridized carbons (Fsp3) is 0.409. The third-order valence-electron chi connectivity index (χ3n) is 5.64. The van der Waals surface area contributed by atoms with Crippen LogP contribution in [0.3, 0.4) is 0 Å². The summed E-state index contributed by atoms with van der Waals surface area (Å²) in [6.07, 6.45) is 4.08. The van der Waals surface area contributed by atoms with Crippen LogP contribution in [0.25, 0.3) is 0 Å². The topological polar surface area (TPSA) is 75.7 Å². The largest absolute Gasteiger partial charge is 0.490 e. The highest BCUT2D eigenvalue weighted by atomic mass is 35.5. The number of sulfonamides is 1. The zero-order chi connectivity index (χ0) is 23.0. The lowest BCUT2D eigenvalue weighted by atomic mass is 10.0. The summed E-state index contributed by atoms with van der Waals surface area (Å²) in [6.45, 7) is 1.50. The minimum absolute atomic E-state index is 0.0957. The number of hydrogen-bond acceptors (Lipinski definition) is 5. The van der Waals surface area contributed by atoms with E-state index in [1.165, 1.54) is 12.1 Å². The molecule has 32 heavy (non-hydrogen) atoms. The average Bonchev–Trinajstić information content (AvgIpc) is 3.55. The number of anilines is 1. The molecule has 0 spiro atoms. The van der Waals surface area contributed by atoms with Crippen LogP contribution >= 0.6 is 23.2 Å². The molecule has 0 radical (unpaired) electrons. The summed E-state index contributed by atoms with van der Waals surface area (Å²) in [5.41, 5.74) is 1.44. The number of nitrogens with one attached hydrogen (secondary N) is 1. The van der Waals surface area contributed by atoms with E-state index in [1.807, 2.05) is 16.9 Å². The monoisotopic (exact) mass is 500 g/mol. The molecule has 2 aliphatic rings. The quantitative estimate of drug-likeness (QED) is 0.619. The summed E-state index contributed by atoms with van der Waals surface area (Å²) >= 11 is 12.1. The number of nitrogens with zero attached hydrogens (tertiary/aromatic N) is 1. The molecular weight excluding hydrogens is 478 g/mol. The third kappa shape index (κ3) is 5.47. The number of carbonyl (C=O) groups is 1. The number of amides is 1. The summed E-state index contributed by atoms with van der Waals surface area (Å²) in [6, 6.07) is 8.17. The zero-order valence-corrected chi connectivity index (χ0v) is 19.7. The lowest BCUT2D eigenvalue weighted by molar-refractivity contribution is 0.0977. The van der Waals surface area contributed by atoms with E-state index in [4.69, 9.17) is 27.9 Å². The van der Waals surface area contributed by atoms with Gasteiger partial charge in [0, 0.05) is 37.7 Å². The van der Waals surface area contributed by atoms with E-state index >= 15 is 0 Å². The minimum Gasteiger partial charge on any atom is -0.490 e. The number of ether oxygens (including phenoxy) is 1. The van der Waals surface area contributed by atoms with Crippen molar-refractivity contribution in [2.75, 3.05) is 24.2 Å². The Bertz CT molecular complexity index is 1150. The molecule has 4 rings (SSSR count). The molecule has 0 unspecified atom stereocenters. The van der Waals surface area contributed by atoms with Crippen LogP contribution in [0.15, 0.2) is 30.3 Å². The Morgan fingerprint density at radius 1 is 1.09 bits per heavy atom. The third-order valence-corrected chi connectivity index (χ3v) is 6.94. The van der Waals surface area contributed by atoms with Gasteiger partial charge < -0.3 is 9.64 Å². The van der Waals surface area contributed by atoms with Crippen LogP contribution in [-0.4, -0.2) is 39.8 Å². The second-order valence-electron chi connectivity index (χ2n) is 8.25. The van der Waals surface area contributed by atoms with Crippen molar-refractivity contribution in [1.29, 1.82) is 0 Å². The fourth-order valence-corrected chi connectivity index (χ4v) is 4.62. The molecule has 1 saturated heterocycles. The molecular formula is C22H23Cl2FN2O4S. The van der Waals surface area contributed by atoms with Gasteiger partial charge in [-0.3, -0.25) is 4.79 Å². The number of benzene rings is 2. The maximum Gasteiger partial charge on any atom is 0.267 e. The van der Waals surface area contributed by atoms with Gasteiger partial charge in [-0.05, 0) is 48.6 Å². The molecule has 1 N–H and O–H groups in total. The molecule has 1 amide bonds. The van der Waals surface area contributed by atoms with Gasteiger partial charge in [0.05, 0.1) is 21.9 Å². The number of piperidine rings is 1. The van der Waals surface area contributed by atoms with Crippen LogP contribution < -0.4 is 14.4 Å². The van der Waals surface area contributed by atoms with Crippen LogP contribution in [0.2, 0.25) is 10.0 Å². The van der Waals surface area contributed by atoms with Crippen molar-refractivity contribution in [3.8, 4) is 5.75 Å². The summed E-state index contributed by atoms with van der Waals surface area (Å²) in [4.78, 5) is 14.4. The van der Waals surface area contributed by atoms with Gasteiger partial charge in [0.25, 0.3) is 5.91 Å². The van der Waals surface area contributed by atoms with Crippen molar-refractivity contribution in [2.24, 2.45) is 0 Å². The standard InChI is InChI=1S/C22H23Cl2FN2O4S/c1-32(29,30)26-22(28)17-11-16(13-2-3-13)21(12-20(17)25)31-15-6-8-27(9-7-15)14-4-5-18(23)19(24)10-14/h4-5,10-13,15H,2-3,6-9H2,1H3,(H,26,28). The van der Waals surface area contributed by atoms with Crippen LogP contribution in [0.5, 0.6) is 5.75 Å². The molecule has 0 aromatic heterocycles. The molecule has 2 fully saturated rings. The highest BCUT2D eigenvalue weighted by molar-refractivity contribution is 7.89. The molecule has 10 heteroatoms. The maximum absolute atomic E-state index is 14.7. The van der Waals surface area contributed by atoms with Crippen LogP contribution in [-0.2, 0) is 10.0 Å². The SMILES string of the molecule is CS(=O)(=O)NC(=O)c1cc(C2CC2)c(OC2CCN(c3ccc(Cl)c(Cl)c3)CC2)cc1F. The van der Waals surface area contributed by atoms with E-state index in [0.29, 0.717) is 15.8 Å². The van der Waals surface area contributed by atoms with Crippen molar-refractivity contribution >= 4 is 44.8 Å². The molecule has 0 atom stereocenters. The number of rotatable bonds is 6. The van der Waals surface area contributed by atoms with E-state index in [1.54, 1.807) is 6.07 Å². The zero-order valence-electron chi connectivity index (χ0n) is 17.4. The summed E-state index contributed by atoms with van der Waals surface area (Å²) in [5.74, 6) is -1.17. The van der Waals surface area contributed by atoms with Gasteiger partial charge in [0.1, 0.15) is 17.7 Å². The van der Waals surface area contributed by atoms with Gasteiger partial charge in [0.2, 0.25) is 10.0 Å². The van der Waals surface area contributed by atoms with Gasteiger partial charge >= 0.3 is 0 Å². The number of carbonyl (C=O) groups excluding carboxylic acids is 1. The molecule has 1 aliphatic heterocycles. The molecule has 2 aromatic rings. The van der Waals surface area contributed by atoms with E-state index in [0.717, 1.165) is 56.3 Å². The fourth-order valence-electron chi connectivity index (χ4n) is 3.88. The normalized spacial score (nSPS) is 17.3. The molecule has 1 aliphatic carbocycles. The van der Waals surface area contributed by atoms with E-state index in [9.17, 15) is 17.6 Å². The van der Waals surface area contributed by atoms with Gasteiger partial charge in [-0.1, -0.05) is 23.2 Å².